The predicted molar refractivity (Wildman–Crippen MR) is 136 cm³/mol. The highest BCUT2D eigenvalue weighted by atomic mass is 19.4. The fourth-order valence-corrected chi connectivity index (χ4v) is 3.89. The minimum Gasteiger partial charge on any atom is -0.491 e. The smallest absolute Gasteiger partial charge is 0.435 e. The van der Waals surface area contributed by atoms with Crippen LogP contribution in [0, 0.1) is 0 Å². The van der Waals surface area contributed by atoms with E-state index in [9.17, 15) is 37.1 Å². The molecule has 3 rings (SSSR count). The lowest BCUT2D eigenvalue weighted by molar-refractivity contribution is -0.141. The number of aryl methyl sites for hydroxylation is 1. The number of nitrogens with zero attached hydrogens (tertiary/aromatic N) is 2. The highest BCUT2D eigenvalue weighted by molar-refractivity contribution is 6.01. The molecular weight excluding hydrogens is 551 g/mol. The number of carbonyl (C=O) groups is 5. The summed E-state index contributed by atoms with van der Waals surface area (Å²) < 4.78 is 44.9. The van der Waals surface area contributed by atoms with Gasteiger partial charge in [-0.25, -0.2) is 0 Å². The molecule has 0 saturated heterocycles. The number of ether oxygens (including phenoxy) is 1. The molecule has 1 aliphatic heterocycles. The van der Waals surface area contributed by atoms with Crippen LogP contribution in [0.4, 0.5) is 13.2 Å². The highest BCUT2D eigenvalue weighted by Gasteiger charge is 2.33. The van der Waals surface area contributed by atoms with E-state index in [0.717, 1.165) is 16.9 Å². The maximum absolute atomic E-state index is 13.1. The summed E-state index contributed by atoms with van der Waals surface area (Å²) in [5, 5.41) is 13.5. The van der Waals surface area contributed by atoms with Crippen LogP contribution in [-0.2, 0) is 31.9 Å². The standard InChI is InChI=1S/C25H30F3N7O6/c26-25(27,28)19-8-12-35(34-19)11-3-9-30-24(40)17-14-21(37)32-16(6-7-20(29)36)23(39)31-10-13-41-18-5-2-1-4-15(18)22(38)33-17/h1-2,4-5,8,12,16-17H,3,6-7,9-11,13-14H2,(H2,29,36)(H,30,40)(H,31,39)(H,32,37)(H,33,38)/t16-,17-/m0/s1. The van der Waals surface area contributed by atoms with Crippen LogP contribution < -0.4 is 31.7 Å². The molecule has 6 N–H and O–H groups in total. The van der Waals surface area contributed by atoms with Crippen molar-refractivity contribution in [3.63, 3.8) is 0 Å². The molecule has 0 spiro atoms. The second-order valence-electron chi connectivity index (χ2n) is 9.10. The van der Waals surface area contributed by atoms with Gasteiger partial charge in [0.25, 0.3) is 5.91 Å². The summed E-state index contributed by atoms with van der Waals surface area (Å²) in [6.07, 6.45) is -4.06. The highest BCUT2D eigenvalue weighted by Crippen LogP contribution is 2.27. The molecule has 222 valence electrons. The normalized spacial score (nSPS) is 18.6. The van der Waals surface area contributed by atoms with E-state index in [0.29, 0.717) is 0 Å². The van der Waals surface area contributed by atoms with Crippen molar-refractivity contribution < 1.29 is 41.9 Å². The van der Waals surface area contributed by atoms with Crippen LogP contribution >= 0.6 is 0 Å². The maximum atomic E-state index is 13.1. The fraction of sp³-hybridized carbons (Fsp3) is 0.440. The second kappa shape index (κ2) is 14.1. The number of rotatable bonds is 8. The molecule has 41 heavy (non-hydrogen) atoms. The molecule has 0 saturated carbocycles. The third kappa shape index (κ3) is 9.51. The van der Waals surface area contributed by atoms with Gasteiger partial charge in [0.1, 0.15) is 24.4 Å². The number of fused-ring (bicyclic) bond motifs is 1. The fourth-order valence-electron chi connectivity index (χ4n) is 3.89. The van der Waals surface area contributed by atoms with E-state index in [1.165, 1.54) is 12.1 Å². The first-order valence-corrected chi connectivity index (χ1v) is 12.7. The van der Waals surface area contributed by atoms with Crippen LogP contribution in [0.1, 0.15) is 41.7 Å². The second-order valence-corrected chi connectivity index (χ2v) is 9.10. The van der Waals surface area contributed by atoms with Gasteiger partial charge in [0.2, 0.25) is 23.6 Å². The van der Waals surface area contributed by atoms with Gasteiger partial charge >= 0.3 is 6.18 Å². The van der Waals surface area contributed by atoms with Gasteiger partial charge in [-0.15, -0.1) is 0 Å². The molecule has 1 aromatic carbocycles. The van der Waals surface area contributed by atoms with Gasteiger partial charge in [0.05, 0.1) is 18.5 Å². The summed E-state index contributed by atoms with van der Waals surface area (Å²) in [6.45, 7) is 0.0859. The number of carbonyl (C=O) groups excluding carboxylic acids is 5. The Hall–Kier alpha value is -4.63. The lowest BCUT2D eigenvalue weighted by Crippen LogP contribution is -2.52. The molecule has 0 fully saturated rings. The van der Waals surface area contributed by atoms with Crippen molar-refractivity contribution in [2.45, 2.75) is 50.5 Å². The SMILES string of the molecule is NC(=O)CC[C@@H]1NC(=O)C[C@@H](C(=O)NCCCn2ccc(C(F)(F)F)n2)NC(=O)c2ccccc2OCCNC1=O. The number of alkyl halides is 3. The molecule has 2 aromatic rings. The molecule has 13 nitrogen and oxygen atoms in total. The number of halogens is 3. The summed E-state index contributed by atoms with van der Waals surface area (Å²) in [4.78, 5) is 62.8. The van der Waals surface area contributed by atoms with Crippen LogP contribution in [0.2, 0.25) is 0 Å². The van der Waals surface area contributed by atoms with Gasteiger partial charge in [-0.3, -0.25) is 28.7 Å². The average Bonchev–Trinajstić information content (AvgIpc) is 3.40. The van der Waals surface area contributed by atoms with E-state index in [2.05, 4.69) is 26.4 Å². The molecule has 2 atom stereocenters. The number of amides is 5. The molecule has 16 heteroatoms. The first-order chi connectivity index (χ1) is 19.4. The minimum absolute atomic E-state index is 0.00260. The summed E-state index contributed by atoms with van der Waals surface area (Å²) in [7, 11) is 0. The van der Waals surface area contributed by atoms with Crippen molar-refractivity contribution in [1.29, 1.82) is 0 Å². The number of aromatic nitrogens is 2. The number of nitrogens with one attached hydrogen (secondary N) is 4. The van der Waals surface area contributed by atoms with Crippen molar-refractivity contribution in [1.82, 2.24) is 31.0 Å². The molecular formula is C25H30F3N7O6. The van der Waals surface area contributed by atoms with E-state index < -0.39 is 59.9 Å². The van der Waals surface area contributed by atoms with Crippen molar-refractivity contribution in [2.75, 3.05) is 19.7 Å². The quantitative estimate of drug-likeness (QED) is 0.268. The van der Waals surface area contributed by atoms with E-state index in [1.807, 2.05) is 0 Å². The third-order valence-electron chi connectivity index (χ3n) is 5.93. The first kappa shape index (κ1) is 30.9. The number of para-hydroxylation sites is 1. The summed E-state index contributed by atoms with van der Waals surface area (Å²) >= 11 is 0. The van der Waals surface area contributed by atoms with Crippen molar-refractivity contribution >= 4 is 29.5 Å². The van der Waals surface area contributed by atoms with Crippen LogP contribution in [0.3, 0.4) is 0 Å². The average molecular weight is 582 g/mol. The largest absolute Gasteiger partial charge is 0.491 e. The van der Waals surface area contributed by atoms with E-state index >= 15 is 0 Å². The molecule has 0 bridgehead atoms. The third-order valence-corrected chi connectivity index (χ3v) is 5.93. The Balaban J connectivity index is 1.72. The molecule has 0 aliphatic carbocycles. The summed E-state index contributed by atoms with van der Waals surface area (Å²) in [5.74, 6) is -3.29. The molecule has 1 aromatic heterocycles. The Bertz CT molecular complexity index is 1270. The molecule has 0 radical (unpaired) electrons. The molecule has 0 unspecified atom stereocenters. The maximum Gasteiger partial charge on any atom is 0.435 e. The number of hydrogen-bond donors (Lipinski definition) is 5. The van der Waals surface area contributed by atoms with E-state index in [-0.39, 0.29) is 56.8 Å². The van der Waals surface area contributed by atoms with Gasteiger partial charge in [-0.2, -0.15) is 18.3 Å². The first-order valence-electron chi connectivity index (χ1n) is 12.7. The van der Waals surface area contributed by atoms with Crippen LogP contribution in [0.5, 0.6) is 5.75 Å². The van der Waals surface area contributed by atoms with Crippen LogP contribution in [0.25, 0.3) is 0 Å². The Labute approximate surface area is 232 Å². The number of nitrogens with two attached hydrogens (primary N) is 1. The van der Waals surface area contributed by atoms with Crippen molar-refractivity contribution in [3.05, 3.63) is 47.8 Å². The van der Waals surface area contributed by atoms with Gasteiger partial charge in [0.15, 0.2) is 5.69 Å². The minimum atomic E-state index is -4.58. The monoisotopic (exact) mass is 581 g/mol. The van der Waals surface area contributed by atoms with E-state index in [1.54, 1.807) is 12.1 Å². The molecule has 2 heterocycles. The van der Waals surface area contributed by atoms with Gasteiger partial charge in [-0.1, -0.05) is 12.1 Å². The lowest BCUT2D eigenvalue weighted by atomic mass is 10.1. The Morgan fingerprint density at radius 1 is 1.15 bits per heavy atom. The Morgan fingerprint density at radius 2 is 1.90 bits per heavy atom. The number of benzene rings is 1. The van der Waals surface area contributed by atoms with Crippen LogP contribution in [0.15, 0.2) is 36.5 Å². The summed E-state index contributed by atoms with van der Waals surface area (Å²) in [6, 6.07) is 4.50. The van der Waals surface area contributed by atoms with Gasteiger partial charge in [0, 0.05) is 25.7 Å². The summed E-state index contributed by atoms with van der Waals surface area (Å²) in [5.41, 5.74) is 4.23. The zero-order valence-electron chi connectivity index (χ0n) is 21.8. The molecule has 1 aliphatic rings. The predicted octanol–water partition coefficient (Wildman–Crippen LogP) is -0.144. The van der Waals surface area contributed by atoms with E-state index in [4.69, 9.17) is 10.5 Å². The zero-order chi connectivity index (χ0) is 30.0. The Kier molecular flexibility index (Phi) is 10.7. The zero-order valence-corrected chi connectivity index (χ0v) is 21.8. The van der Waals surface area contributed by atoms with Crippen molar-refractivity contribution in [3.8, 4) is 5.75 Å². The van der Waals surface area contributed by atoms with Gasteiger partial charge < -0.3 is 31.7 Å². The number of primary amides is 1. The van der Waals surface area contributed by atoms with Gasteiger partial charge in [-0.05, 0) is 31.0 Å². The Morgan fingerprint density at radius 3 is 2.61 bits per heavy atom. The van der Waals surface area contributed by atoms with Crippen LogP contribution in [-0.4, -0.2) is 71.1 Å². The molecule has 5 amide bonds. The van der Waals surface area contributed by atoms with Crippen molar-refractivity contribution in [2.24, 2.45) is 5.73 Å². The topological polar surface area (TPSA) is 187 Å². The number of hydrogen-bond acceptors (Lipinski definition) is 7. The lowest BCUT2D eigenvalue weighted by Gasteiger charge is -2.23.